The molecule has 1 aliphatic carbocycles. The second-order valence-electron chi connectivity index (χ2n) is 4.98. The standard InChI is InChI=1S/C14H20N2O4/c1-20-8-10(7-17)15-13-11(14(18)19)6-9-4-2-3-5-12(9)16-13/h6,10,17H,2-5,7-8H2,1H3,(H,15,16)(H,18,19). The van der Waals surface area contributed by atoms with Gasteiger partial charge in [0.15, 0.2) is 0 Å². The molecule has 0 spiro atoms. The number of rotatable bonds is 6. The van der Waals surface area contributed by atoms with Gasteiger partial charge in [-0.2, -0.15) is 0 Å². The average molecular weight is 280 g/mol. The second kappa shape index (κ2) is 6.67. The van der Waals surface area contributed by atoms with E-state index in [0.29, 0.717) is 5.82 Å². The van der Waals surface area contributed by atoms with Crippen LogP contribution in [0.5, 0.6) is 0 Å². The number of nitrogens with zero attached hydrogens (tertiary/aromatic N) is 1. The van der Waals surface area contributed by atoms with Gasteiger partial charge in [-0.3, -0.25) is 0 Å². The molecule has 0 fully saturated rings. The summed E-state index contributed by atoms with van der Waals surface area (Å²) in [5, 5.41) is 21.5. The number of hydrogen-bond acceptors (Lipinski definition) is 5. The first-order chi connectivity index (χ1) is 9.65. The highest BCUT2D eigenvalue weighted by Crippen LogP contribution is 2.25. The van der Waals surface area contributed by atoms with Crippen molar-refractivity contribution in [1.82, 2.24) is 4.98 Å². The van der Waals surface area contributed by atoms with Gasteiger partial charge < -0.3 is 20.3 Å². The zero-order valence-corrected chi connectivity index (χ0v) is 11.6. The first-order valence-corrected chi connectivity index (χ1v) is 6.78. The van der Waals surface area contributed by atoms with Crippen molar-refractivity contribution in [1.29, 1.82) is 0 Å². The van der Waals surface area contributed by atoms with E-state index >= 15 is 0 Å². The molecule has 1 atom stereocenters. The second-order valence-corrected chi connectivity index (χ2v) is 4.98. The Morgan fingerprint density at radius 3 is 2.90 bits per heavy atom. The normalized spacial score (nSPS) is 15.5. The maximum Gasteiger partial charge on any atom is 0.339 e. The predicted octanol–water partition coefficient (Wildman–Crippen LogP) is 1.08. The molecule has 110 valence electrons. The summed E-state index contributed by atoms with van der Waals surface area (Å²) in [7, 11) is 1.53. The Morgan fingerprint density at radius 1 is 1.50 bits per heavy atom. The molecule has 0 saturated heterocycles. The largest absolute Gasteiger partial charge is 0.478 e. The van der Waals surface area contributed by atoms with Crippen LogP contribution in [0.2, 0.25) is 0 Å². The summed E-state index contributed by atoms with van der Waals surface area (Å²) >= 11 is 0. The minimum absolute atomic E-state index is 0.147. The van der Waals surface area contributed by atoms with E-state index in [9.17, 15) is 15.0 Å². The van der Waals surface area contributed by atoms with E-state index in [1.54, 1.807) is 6.07 Å². The van der Waals surface area contributed by atoms with Crippen LogP contribution in [0.4, 0.5) is 5.82 Å². The molecule has 0 amide bonds. The fraction of sp³-hybridized carbons (Fsp3) is 0.571. The molecule has 0 saturated carbocycles. The van der Waals surface area contributed by atoms with Gasteiger partial charge in [0.1, 0.15) is 11.4 Å². The van der Waals surface area contributed by atoms with Crippen LogP contribution in [0.1, 0.15) is 34.5 Å². The summed E-state index contributed by atoms with van der Waals surface area (Å²) in [6.45, 7) is 0.139. The van der Waals surface area contributed by atoms with Crippen LogP contribution in [-0.4, -0.2) is 47.5 Å². The van der Waals surface area contributed by atoms with Crippen LogP contribution in [0.15, 0.2) is 6.07 Å². The Labute approximate surface area is 117 Å². The van der Waals surface area contributed by atoms with Crippen molar-refractivity contribution in [2.75, 3.05) is 25.6 Å². The van der Waals surface area contributed by atoms with Crippen molar-refractivity contribution < 1.29 is 19.7 Å². The number of hydrogen-bond donors (Lipinski definition) is 3. The lowest BCUT2D eigenvalue weighted by molar-refractivity contribution is 0.0697. The fourth-order valence-electron chi connectivity index (χ4n) is 2.44. The van der Waals surface area contributed by atoms with Crippen molar-refractivity contribution in [3.63, 3.8) is 0 Å². The zero-order valence-electron chi connectivity index (χ0n) is 11.6. The quantitative estimate of drug-likeness (QED) is 0.722. The third-order valence-corrected chi connectivity index (χ3v) is 3.46. The summed E-state index contributed by atoms with van der Waals surface area (Å²) in [6, 6.07) is 1.33. The van der Waals surface area contributed by atoms with Gasteiger partial charge in [0, 0.05) is 12.8 Å². The molecule has 0 aliphatic heterocycles. The van der Waals surface area contributed by atoms with Crippen LogP contribution in [0.3, 0.4) is 0 Å². The van der Waals surface area contributed by atoms with Crippen LogP contribution < -0.4 is 5.32 Å². The lowest BCUT2D eigenvalue weighted by Gasteiger charge is -2.21. The molecule has 1 aliphatic rings. The molecule has 6 nitrogen and oxygen atoms in total. The smallest absolute Gasteiger partial charge is 0.339 e. The van der Waals surface area contributed by atoms with Crippen LogP contribution >= 0.6 is 0 Å². The van der Waals surface area contributed by atoms with Crippen molar-refractivity contribution in [2.24, 2.45) is 0 Å². The summed E-state index contributed by atoms with van der Waals surface area (Å²) in [4.78, 5) is 15.8. The van der Waals surface area contributed by atoms with E-state index in [0.717, 1.165) is 36.9 Å². The topological polar surface area (TPSA) is 91.7 Å². The number of aromatic carboxylic acids is 1. The highest BCUT2D eigenvalue weighted by Gasteiger charge is 2.20. The monoisotopic (exact) mass is 280 g/mol. The molecule has 20 heavy (non-hydrogen) atoms. The van der Waals surface area contributed by atoms with Gasteiger partial charge in [-0.05, 0) is 37.3 Å². The Bertz CT molecular complexity index is 490. The Morgan fingerprint density at radius 2 is 2.25 bits per heavy atom. The number of aliphatic hydroxyl groups is 1. The van der Waals surface area contributed by atoms with Crippen molar-refractivity contribution >= 4 is 11.8 Å². The number of carboxylic acids is 1. The first kappa shape index (κ1) is 14.7. The molecule has 6 heteroatoms. The summed E-state index contributed by atoms with van der Waals surface area (Å²) in [5.74, 6) is -0.697. The zero-order chi connectivity index (χ0) is 14.5. The highest BCUT2D eigenvalue weighted by atomic mass is 16.5. The van der Waals surface area contributed by atoms with Crippen molar-refractivity contribution in [2.45, 2.75) is 31.7 Å². The molecule has 1 unspecified atom stereocenters. The molecule has 0 bridgehead atoms. The van der Waals surface area contributed by atoms with Gasteiger partial charge in [0.2, 0.25) is 0 Å². The average Bonchev–Trinajstić information content (AvgIpc) is 2.45. The molecular weight excluding hydrogens is 260 g/mol. The van der Waals surface area contributed by atoms with Gasteiger partial charge >= 0.3 is 5.97 Å². The molecule has 1 aromatic rings. The van der Waals surface area contributed by atoms with Crippen molar-refractivity contribution in [3.8, 4) is 0 Å². The molecule has 2 rings (SSSR count). The maximum atomic E-state index is 11.4. The minimum Gasteiger partial charge on any atom is -0.478 e. The third kappa shape index (κ3) is 3.26. The van der Waals surface area contributed by atoms with Crippen molar-refractivity contribution in [3.05, 3.63) is 22.9 Å². The van der Waals surface area contributed by atoms with Gasteiger partial charge in [0.25, 0.3) is 0 Å². The van der Waals surface area contributed by atoms with Gasteiger partial charge in [0.05, 0.1) is 19.3 Å². The number of fused-ring (bicyclic) bond motifs is 1. The summed E-state index contributed by atoms with van der Waals surface area (Å²) in [5.41, 5.74) is 2.13. The van der Waals surface area contributed by atoms with Gasteiger partial charge in [-0.1, -0.05) is 0 Å². The SMILES string of the molecule is COCC(CO)Nc1nc2c(cc1C(=O)O)CCCC2. The number of carbonyl (C=O) groups is 1. The number of aromatic nitrogens is 1. The number of aliphatic hydroxyl groups excluding tert-OH is 1. The van der Waals surface area contributed by atoms with E-state index in [1.807, 2.05) is 0 Å². The number of carboxylic acid groups (broad SMARTS) is 1. The minimum atomic E-state index is -1.01. The highest BCUT2D eigenvalue weighted by molar-refractivity contribution is 5.93. The Hall–Kier alpha value is -1.66. The molecule has 1 heterocycles. The molecule has 3 N–H and O–H groups in total. The number of ether oxygens (including phenoxy) is 1. The first-order valence-electron chi connectivity index (χ1n) is 6.78. The Kier molecular flexibility index (Phi) is 4.92. The van der Waals surface area contributed by atoms with E-state index < -0.39 is 5.97 Å². The van der Waals surface area contributed by atoms with E-state index in [4.69, 9.17) is 4.74 Å². The van der Waals surface area contributed by atoms with Crippen LogP contribution in [0, 0.1) is 0 Å². The predicted molar refractivity (Wildman–Crippen MR) is 74.2 cm³/mol. The van der Waals surface area contributed by atoms with E-state index in [2.05, 4.69) is 10.3 Å². The maximum absolute atomic E-state index is 11.4. The van der Waals surface area contributed by atoms with Gasteiger partial charge in [-0.25, -0.2) is 9.78 Å². The third-order valence-electron chi connectivity index (χ3n) is 3.46. The van der Waals surface area contributed by atoms with Crippen LogP contribution in [0.25, 0.3) is 0 Å². The molecule has 1 aromatic heterocycles. The molecular formula is C14H20N2O4. The van der Waals surface area contributed by atoms with E-state index in [-0.39, 0.29) is 24.8 Å². The number of anilines is 1. The summed E-state index contributed by atoms with van der Waals surface area (Å²) < 4.78 is 4.98. The van der Waals surface area contributed by atoms with E-state index in [1.165, 1.54) is 7.11 Å². The fourth-order valence-corrected chi connectivity index (χ4v) is 2.44. The number of pyridine rings is 1. The number of methoxy groups -OCH3 is 1. The molecule has 0 radical (unpaired) electrons. The lowest BCUT2D eigenvalue weighted by Crippen LogP contribution is -2.30. The number of nitrogens with one attached hydrogen (secondary N) is 1. The van der Waals surface area contributed by atoms with Crippen LogP contribution in [-0.2, 0) is 17.6 Å². The molecule has 0 aromatic carbocycles. The Balaban J connectivity index is 2.31. The lowest BCUT2D eigenvalue weighted by atomic mass is 9.94. The number of aryl methyl sites for hydroxylation is 2. The summed E-state index contributed by atoms with van der Waals surface area (Å²) in [6.07, 6.45) is 3.90. The van der Waals surface area contributed by atoms with Gasteiger partial charge in [-0.15, -0.1) is 0 Å².